The number of nitrogens with zero attached hydrogens (tertiary/aromatic N) is 3. The number of carbonyl (C=O) groups is 1. The Morgan fingerprint density at radius 2 is 2.47 bits per heavy atom. The molecule has 1 fully saturated rings. The van der Waals surface area contributed by atoms with Gasteiger partial charge in [-0.25, -0.2) is 4.98 Å². The van der Waals surface area contributed by atoms with E-state index < -0.39 is 5.54 Å². The van der Waals surface area contributed by atoms with E-state index in [0.29, 0.717) is 6.54 Å². The normalized spacial score (nSPS) is 30.6. The zero-order valence-electron chi connectivity index (χ0n) is 8.73. The largest absolute Gasteiger partial charge is 0.347 e. The monoisotopic (exact) mass is 206 g/mol. The smallest absolute Gasteiger partial charge is 0.248 e. The molecule has 0 aliphatic carbocycles. The standard InChI is InChI=1S/C10H14N4O/c1-13-4-2-10(7-13)9(15)12-6-8-11-3-5-14(8)10/h3,5H,2,4,6-7H2,1H3,(H,12,15). The van der Waals surface area contributed by atoms with Crippen LogP contribution in [0.25, 0.3) is 0 Å². The number of nitrogens with one attached hydrogen (secondary N) is 1. The van der Waals surface area contributed by atoms with E-state index in [2.05, 4.69) is 19.8 Å². The molecule has 1 atom stereocenters. The van der Waals surface area contributed by atoms with Gasteiger partial charge in [0.05, 0.1) is 6.54 Å². The number of likely N-dealkylation sites (tertiary alicyclic amines) is 1. The number of carbonyl (C=O) groups excluding carboxylic acids is 1. The molecule has 3 heterocycles. The molecule has 1 aromatic heterocycles. The highest BCUT2D eigenvalue weighted by Crippen LogP contribution is 2.32. The second kappa shape index (κ2) is 2.82. The van der Waals surface area contributed by atoms with Gasteiger partial charge in [0, 0.05) is 25.5 Å². The summed E-state index contributed by atoms with van der Waals surface area (Å²) >= 11 is 0. The molecule has 5 heteroatoms. The summed E-state index contributed by atoms with van der Waals surface area (Å²) in [5, 5.41) is 2.93. The van der Waals surface area contributed by atoms with E-state index >= 15 is 0 Å². The van der Waals surface area contributed by atoms with E-state index in [4.69, 9.17) is 0 Å². The Hall–Kier alpha value is -1.36. The number of hydrogen-bond acceptors (Lipinski definition) is 3. The molecule has 80 valence electrons. The number of imidazole rings is 1. The number of fused-ring (bicyclic) bond motifs is 2. The van der Waals surface area contributed by atoms with Crippen LogP contribution in [0.4, 0.5) is 0 Å². The van der Waals surface area contributed by atoms with Gasteiger partial charge in [0.1, 0.15) is 11.4 Å². The van der Waals surface area contributed by atoms with Gasteiger partial charge in [0.2, 0.25) is 5.91 Å². The molecule has 0 bridgehead atoms. The summed E-state index contributed by atoms with van der Waals surface area (Å²) in [4.78, 5) is 18.5. The predicted molar refractivity (Wildman–Crippen MR) is 54.2 cm³/mol. The van der Waals surface area contributed by atoms with Crippen LogP contribution in [-0.4, -0.2) is 40.5 Å². The van der Waals surface area contributed by atoms with Crippen LogP contribution in [0, 0.1) is 0 Å². The SMILES string of the molecule is CN1CCC2(C1)C(=O)NCc1nccn12. The average molecular weight is 206 g/mol. The van der Waals surface area contributed by atoms with Gasteiger partial charge >= 0.3 is 0 Å². The van der Waals surface area contributed by atoms with Crippen LogP contribution in [-0.2, 0) is 16.9 Å². The highest BCUT2D eigenvalue weighted by molar-refractivity contribution is 5.86. The summed E-state index contributed by atoms with van der Waals surface area (Å²) < 4.78 is 2.05. The summed E-state index contributed by atoms with van der Waals surface area (Å²) in [7, 11) is 2.05. The third kappa shape index (κ3) is 1.07. The van der Waals surface area contributed by atoms with Crippen molar-refractivity contribution in [1.82, 2.24) is 19.8 Å². The molecule has 0 saturated carbocycles. The lowest BCUT2D eigenvalue weighted by Gasteiger charge is -2.34. The Morgan fingerprint density at radius 1 is 1.60 bits per heavy atom. The Balaban J connectivity index is 2.11. The molecule has 1 amide bonds. The fourth-order valence-corrected chi connectivity index (χ4v) is 2.65. The third-order valence-corrected chi connectivity index (χ3v) is 3.45. The minimum absolute atomic E-state index is 0.136. The first-order valence-electron chi connectivity index (χ1n) is 5.22. The molecule has 0 radical (unpaired) electrons. The van der Waals surface area contributed by atoms with Crippen molar-refractivity contribution in [2.75, 3.05) is 20.1 Å². The third-order valence-electron chi connectivity index (χ3n) is 3.45. The molecule has 1 spiro atoms. The summed E-state index contributed by atoms with van der Waals surface area (Å²) in [6, 6.07) is 0. The molecule has 1 saturated heterocycles. The lowest BCUT2D eigenvalue weighted by atomic mass is 9.95. The maximum absolute atomic E-state index is 12.0. The van der Waals surface area contributed by atoms with Crippen molar-refractivity contribution in [2.45, 2.75) is 18.5 Å². The van der Waals surface area contributed by atoms with Crippen LogP contribution >= 0.6 is 0 Å². The van der Waals surface area contributed by atoms with E-state index in [9.17, 15) is 4.79 Å². The molecule has 1 unspecified atom stereocenters. The minimum Gasteiger partial charge on any atom is -0.347 e. The van der Waals surface area contributed by atoms with E-state index in [1.807, 2.05) is 13.2 Å². The summed E-state index contributed by atoms with van der Waals surface area (Å²) in [6.45, 7) is 2.30. The van der Waals surface area contributed by atoms with Gasteiger partial charge in [0.25, 0.3) is 0 Å². The van der Waals surface area contributed by atoms with Gasteiger partial charge in [-0.05, 0) is 13.5 Å². The lowest BCUT2D eigenvalue weighted by molar-refractivity contribution is -0.131. The fourth-order valence-electron chi connectivity index (χ4n) is 2.65. The van der Waals surface area contributed by atoms with E-state index in [1.54, 1.807) is 6.20 Å². The number of hydrogen-bond donors (Lipinski definition) is 1. The summed E-state index contributed by atoms with van der Waals surface area (Å²) in [6.07, 6.45) is 4.57. The second-order valence-electron chi connectivity index (χ2n) is 4.42. The van der Waals surface area contributed by atoms with Crippen molar-refractivity contribution < 1.29 is 4.79 Å². The first kappa shape index (κ1) is 8.91. The molecular formula is C10H14N4O. The van der Waals surface area contributed by atoms with Crippen molar-refractivity contribution in [3.05, 3.63) is 18.2 Å². The van der Waals surface area contributed by atoms with Gasteiger partial charge in [-0.15, -0.1) is 0 Å². The highest BCUT2D eigenvalue weighted by Gasteiger charge is 2.47. The number of amides is 1. The Labute approximate surface area is 88.1 Å². The topological polar surface area (TPSA) is 50.2 Å². The zero-order chi connectivity index (χ0) is 10.5. The lowest BCUT2D eigenvalue weighted by Crippen LogP contribution is -2.54. The minimum atomic E-state index is -0.404. The molecule has 0 aromatic carbocycles. The quantitative estimate of drug-likeness (QED) is 0.625. The fraction of sp³-hybridized carbons (Fsp3) is 0.600. The number of likely N-dealkylation sites (N-methyl/N-ethyl adjacent to an activating group) is 1. The molecule has 2 aliphatic rings. The zero-order valence-corrected chi connectivity index (χ0v) is 8.73. The summed E-state index contributed by atoms with van der Waals surface area (Å²) in [5.74, 6) is 1.10. The maximum Gasteiger partial charge on any atom is 0.248 e. The first-order valence-corrected chi connectivity index (χ1v) is 5.22. The van der Waals surface area contributed by atoms with Crippen LogP contribution in [0.5, 0.6) is 0 Å². The Kier molecular flexibility index (Phi) is 1.68. The van der Waals surface area contributed by atoms with Crippen LogP contribution in [0.3, 0.4) is 0 Å². The van der Waals surface area contributed by atoms with Crippen molar-refractivity contribution in [1.29, 1.82) is 0 Å². The average Bonchev–Trinajstić information content (AvgIpc) is 2.80. The molecule has 1 N–H and O–H groups in total. The molecule has 5 nitrogen and oxygen atoms in total. The van der Waals surface area contributed by atoms with Crippen molar-refractivity contribution in [3.63, 3.8) is 0 Å². The van der Waals surface area contributed by atoms with Crippen molar-refractivity contribution >= 4 is 5.91 Å². The molecule has 15 heavy (non-hydrogen) atoms. The van der Waals surface area contributed by atoms with Gasteiger partial charge < -0.3 is 14.8 Å². The number of rotatable bonds is 0. The maximum atomic E-state index is 12.0. The highest BCUT2D eigenvalue weighted by atomic mass is 16.2. The molecule has 3 rings (SSSR count). The van der Waals surface area contributed by atoms with E-state index in [-0.39, 0.29) is 5.91 Å². The van der Waals surface area contributed by atoms with Crippen LogP contribution < -0.4 is 5.32 Å². The Morgan fingerprint density at radius 3 is 3.20 bits per heavy atom. The molecule has 1 aromatic rings. The van der Waals surface area contributed by atoms with E-state index in [1.165, 1.54) is 0 Å². The van der Waals surface area contributed by atoms with Crippen LogP contribution in [0.1, 0.15) is 12.2 Å². The van der Waals surface area contributed by atoms with Gasteiger partial charge in [-0.2, -0.15) is 0 Å². The van der Waals surface area contributed by atoms with Crippen LogP contribution in [0.15, 0.2) is 12.4 Å². The summed E-state index contributed by atoms with van der Waals surface area (Å²) in [5.41, 5.74) is -0.404. The van der Waals surface area contributed by atoms with Crippen LogP contribution in [0.2, 0.25) is 0 Å². The molecule has 2 aliphatic heterocycles. The number of aromatic nitrogens is 2. The van der Waals surface area contributed by atoms with Gasteiger partial charge in [-0.3, -0.25) is 4.79 Å². The van der Waals surface area contributed by atoms with Gasteiger partial charge in [-0.1, -0.05) is 0 Å². The van der Waals surface area contributed by atoms with Crippen molar-refractivity contribution in [2.24, 2.45) is 0 Å². The Bertz CT molecular complexity index is 413. The van der Waals surface area contributed by atoms with Gasteiger partial charge in [0.15, 0.2) is 0 Å². The predicted octanol–water partition coefficient (Wildman–Crippen LogP) is -0.456. The first-order chi connectivity index (χ1) is 7.22. The second-order valence-corrected chi connectivity index (χ2v) is 4.42. The van der Waals surface area contributed by atoms with Crippen molar-refractivity contribution in [3.8, 4) is 0 Å². The molecular weight excluding hydrogens is 192 g/mol. The van der Waals surface area contributed by atoms with E-state index in [0.717, 1.165) is 25.3 Å².